The molecule has 1 aliphatic heterocycles. The maximum Gasteiger partial charge on any atom is 0.231 e. The largest absolute Gasteiger partial charge is 0.454 e. The Morgan fingerprint density at radius 2 is 2.16 bits per heavy atom. The van der Waals surface area contributed by atoms with E-state index in [1.54, 1.807) is 12.4 Å². The molecule has 0 aliphatic carbocycles. The van der Waals surface area contributed by atoms with Gasteiger partial charge in [0.15, 0.2) is 16.6 Å². The van der Waals surface area contributed by atoms with Gasteiger partial charge in [-0.2, -0.15) is 0 Å². The first-order valence-electron chi connectivity index (χ1n) is 7.82. The Morgan fingerprint density at radius 3 is 3.04 bits per heavy atom. The quantitative estimate of drug-likeness (QED) is 0.760. The minimum absolute atomic E-state index is 0.0598. The SMILES string of the molecule is O=C(CCc1cccnc1)Nc1nc(-c2ccc3c(c2)OCO3)cs1. The van der Waals surface area contributed by atoms with Crippen LogP contribution in [0.15, 0.2) is 48.1 Å². The van der Waals surface area contributed by atoms with Crippen LogP contribution in [0, 0.1) is 0 Å². The molecule has 3 heterocycles. The molecule has 0 unspecified atom stereocenters. The first-order valence-corrected chi connectivity index (χ1v) is 8.70. The third-order valence-corrected chi connectivity index (χ3v) is 4.54. The van der Waals surface area contributed by atoms with Crippen molar-refractivity contribution >= 4 is 22.4 Å². The lowest BCUT2D eigenvalue weighted by Crippen LogP contribution is -2.12. The van der Waals surface area contributed by atoms with Gasteiger partial charge in [0.25, 0.3) is 0 Å². The summed E-state index contributed by atoms with van der Waals surface area (Å²) in [4.78, 5) is 20.6. The molecule has 4 rings (SSSR count). The van der Waals surface area contributed by atoms with Crippen molar-refractivity contribution in [2.75, 3.05) is 12.1 Å². The summed E-state index contributed by atoms with van der Waals surface area (Å²) in [7, 11) is 0. The molecule has 6 nitrogen and oxygen atoms in total. The van der Waals surface area contributed by atoms with Gasteiger partial charge in [-0.15, -0.1) is 11.3 Å². The van der Waals surface area contributed by atoms with Crippen molar-refractivity contribution in [2.24, 2.45) is 0 Å². The van der Waals surface area contributed by atoms with Crippen LogP contribution in [0.1, 0.15) is 12.0 Å². The molecule has 0 radical (unpaired) electrons. The van der Waals surface area contributed by atoms with Gasteiger partial charge in [0.05, 0.1) is 5.69 Å². The molecule has 0 spiro atoms. The molecule has 1 amide bonds. The van der Waals surface area contributed by atoms with Crippen LogP contribution < -0.4 is 14.8 Å². The number of aryl methyl sites for hydroxylation is 1. The Kier molecular flexibility index (Phi) is 4.30. The molecule has 1 aromatic carbocycles. The van der Waals surface area contributed by atoms with Crippen LogP contribution in [0.3, 0.4) is 0 Å². The van der Waals surface area contributed by atoms with E-state index in [-0.39, 0.29) is 12.7 Å². The Balaban J connectivity index is 1.39. The monoisotopic (exact) mass is 353 g/mol. The zero-order valence-corrected chi connectivity index (χ0v) is 14.1. The summed E-state index contributed by atoms with van der Waals surface area (Å²) in [6.07, 6.45) is 4.54. The summed E-state index contributed by atoms with van der Waals surface area (Å²) in [5.74, 6) is 1.39. The number of carbonyl (C=O) groups excluding carboxylic acids is 1. The van der Waals surface area contributed by atoms with Gasteiger partial charge in [-0.1, -0.05) is 6.07 Å². The fourth-order valence-corrected chi connectivity index (χ4v) is 3.24. The number of fused-ring (bicyclic) bond motifs is 1. The molecular formula is C18H15N3O3S. The number of hydrogen-bond donors (Lipinski definition) is 1. The summed E-state index contributed by atoms with van der Waals surface area (Å²) in [6, 6.07) is 9.51. The molecule has 25 heavy (non-hydrogen) atoms. The molecule has 0 saturated heterocycles. The fraction of sp³-hybridized carbons (Fsp3) is 0.167. The van der Waals surface area contributed by atoms with Crippen LogP contribution in [0.5, 0.6) is 11.5 Å². The number of ether oxygens (including phenoxy) is 2. The van der Waals surface area contributed by atoms with Gasteiger partial charge in [-0.05, 0) is 36.2 Å². The molecule has 0 bridgehead atoms. The smallest absolute Gasteiger partial charge is 0.231 e. The molecule has 0 saturated carbocycles. The zero-order valence-electron chi connectivity index (χ0n) is 13.3. The van der Waals surface area contributed by atoms with Crippen molar-refractivity contribution < 1.29 is 14.3 Å². The number of rotatable bonds is 5. The number of pyridine rings is 1. The maximum absolute atomic E-state index is 12.1. The van der Waals surface area contributed by atoms with E-state index < -0.39 is 0 Å². The third kappa shape index (κ3) is 3.61. The van der Waals surface area contributed by atoms with E-state index >= 15 is 0 Å². The van der Waals surface area contributed by atoms with Crippen molar-refractivity contribution in [3.05, 3.63) is 53.7 Å². The number of carbonyl (C=O) groups is 1. The van der Waals surface area contributed by atoms with Crippen LogP contribution in [0.25, 0.3) is 11.3 Å². The number of nitrogens with zero attached hydrogens (tertiary/aromatic N) is 2. The van der Waals surface area contributed by atoms with E-state index in [2.05, 4.69) is 15.3 Å². The predicted octanol–water partition coefficient (Wildman–Crippen LogP) is 3.51. The van der Waals surface area contributed by atoms with E-state index in [0.717, 1.165) is 22.6 Å². The second kappa shape index (κ2) is 6.90. The maximum atomic E-state index is 12.1. The standard InChI is InChI=1S/C18H15N3O3S/c22-17(6-3-12-2-1-7-19-9-12)21-18-20-14(10-25-18)13-4-5-15-16(8-13)24-11-23-15/h1-2,4-5,7-10H,3,6,11H2,(H,20,21,22). The number of amides is 1. The summed E-state index contributed by atoms with van der Waals surface area (Å²) in [5.41, 5.74) is 2.76. The van der Waals surface area contributed by atoms with Gasteiger partial charge in [-0.25, -0.2) is 4.98 Å². The lowest BCUT2D eigenvalue weighted by atomic mass is 10.1. The molecule has 1 N–H and O–H groups in total. The van der Waals surface area contributed by atoms with Crippen molar-refractivity contribution in [2.45, 2.75) is 12.8 Å². The van der Waals surface area contributed by atoms with Gasteiger partial charge < -0.3 is 14.8 Å². The summed E-state index contributed by atoms with van der Waals surface area (Å²) in [6.45, 7) is 0.244. The highest BCUT2D eigenvalue weighted by molar-refractivity contribution is 7.14. The van der Waals surface area contributed by atoms with E-state index in [1.807, 2.05) is 35.7 Å². The molecular weight excluding hydrogens is 338 g/mol. The minimum atomic E-state index is -0.0598. The normalized spacial score (nSPS) is 12.2. The summed E-state index contributed by atoms with van der Waals surface area (Å²) < 4.78 is 10.7. The zero-order chi connectivity index (χ0) is 17.1. The van der Waals surface area contributed by atoms with Gasteiger partial charge in [-0.3, -0.25) is 9.78 Å². The average molecular weight is 353 g/mol. The summed E-state index contributed by atoms with van der Waals surface area (Å²) in [5, 5.41) is 5.34. The molecule has 7 heteroatoms. The molecule has 0 atom stereocenters. The van der Waals surface area contributed by atoms with Crippen molar-refractivity contribution in [3.63, 3.8) is 0 Å². The Labute approximate surface area is 148 Å². The second-order valence-corrected chi connectivity index (χ2v) is 6.37. The van der Waals surface area contributed by atoms with Crippen LogP contribution >= 0.6 is 11.3 Å². The van der Waals surface area contributed by atoms with Crippen LogP contribution in [-0.2, 0) is 11.2 Å². The molecule has 1 aliphatic rings. The third-order valence-electron chi connectivity index (χ3n) is 3.78. The highest BCUT2D eigenvalue weighted by Gasteiger charge is 2.15. The van der Waals surface area contributed by atoms with Crippen LogP contribution in [0.2, 0.25) is 0 Å². The van der Waals surface area contributed by atoms with Crippen molar-refractivity contribution in [3.8, 4) is 22.8 Å². The first-order chi connectivity index (χ1) is 12.3. The number of benzene rings is 1. The fourth-order valence-electron chi connectivity index (χ4n) is 2.51. The molecule has 3 aromatic rings. The van der Waals surface area contributed by atoms with Crippen molar-refractivity contribution in [1.29, 1.82) is 0 Å². The van der Waals surface area contributed by atoms with E-state index in [4.69, 9.17) is 9.47 Å². The Morgan fingerprint density at radius 1 is 1.24 bits per heavy atom. The number of anilines is 1. The molecule has 0 fully saturated rings. The van der Waals surface area contributed by atoms with Crippen LogP contribution in [-0.4, -0.2) is 22.7 Å². The van der Waals surface area contributed by atoms with Crippen LogP contribution in [0.4, 0.5) is 5.13 Å². The predicted molar refractivity (Wildman–Crippen MR) is 94.9 cm³/mol. The number of aromatic nitrogens is 2. The van der Waals surface area contributed by atoms with E-state index in [0.29, 0.717) is 23.7 Å². The van der Waals surface area contributed by atoms with Gasteiger partial charge in [0.1, 0.15) is 0 Å². The molecule has 2 aromatic heterocycles. The minimum Gasteiger partial charge on any atom is -0.454 e. The van der Waals surface area contributed by atoms with Gasteiger partial charge in [0.2, 0.25) is 12.7 Å². The second-order valence-electron chi connectivity index (χ2n) is 5.52. The topological polar surface area (TPSA) is 73.3 Å². The Hall–Kier alpha value is -2.93. The highest BCUT2D eigenvalue weighted by atomic mass is 32.1. The lowest BCUT2D eigenvalue weighted by molar-refractivity contribution is -0.116. The van der Waals surface area contributed by atoms with E-state index in [1.165, 1.54) is 11.3 Å². The average Bonchev–Trinajstić information content (AvgIpc) is 3.29. The van der Waals surface area contributed by atoms with Gasteiger partial charge >= 0.3 is 0 Å². The number of hydrogen-bond acceptors (Lipinski definition) is 6. The lowest BCUT2D eigenvalue weighted by Gasteiger charge is -2.02. The van der Waals surface area contributed by atoms with Gasteiger partial charge in [0, 0.05) is 29.8 Å². The van der Waals surface area contributed by atoms with Crippen molar-refractivity contribution in [1.82, 2.24) is 9.97 Å². The first kappa shape index (κ1) is 15.6. The highest BCUT2D eigenvalue weighted by Crippen LogP contribution is 2.36. The van der Waals surface area contributed by atoms with E-state index in [9.17, 15) is 4.79 Å². The summed E-state index contributed by atoms with van der Waals surface area (Å²) >= 11 is 1.40. The Bertz CT molecular complexity index is 896. The number of thiazole rings is 1. The number of nitrogens with one attached hydrogen (secondary N) is 1. The molecule has 126 valence electrons.